The summed E-state index contributed by atoms with van der Waals surface area (Å²) in [6.07, 6.45) is 0.0986. The number of hydrogen-bond acceptors (Lipinski definition) is 4. The van der Waals surface area contributed by atoms with Crippen molar-refractivity contribution < 1.29 is 18.0 Å². The number of benzene rings is 3. The van der Waals surface area contributed by atoms with E-state index in [1.165, 1.54) is 42.5 Å². The third kappa shape index (κ3) is 6.21. The van der Waals surface area contributed by atoms with Crippen molar-refractivity contribution in [3.8, 4) is 0 Å². The number of carbonyl (C=O) groups excluding carboxylic acids is 2. The van der Waals surface area contributed by atoms with Gasteiger partial charge in [-0.25, -0.2) is 8.42 Å². The number of amides is 2. The van der Waals surface area contributed by atoms with Gasteiger partial charge < -0.3 is 0 Å². The second kappa shape index (κ2) is 9.82. The summed E-state index contributed by atoms with van der Waals surface area (Å²) in [7, 11) is -4.04. The van der Waals surface area contributed by atoms with Crippen LogP contribution in [0.25, 0.3) is 0 Å². The Morgan fingerprint density at radius 1 is 0.839 bits per heavy atom. The van der Waals surface area contributed by atoms with Crippen LogP contribution in [0.5, 0.6) is 0 Å². The molecular weight excluding hydrogens is 461 g/mol. The van der Waals surface area contributed by atoms with Gasteiger partial charge in [-0.05, 0) is 42.0 Å². The summed E-state index contributed by atoms with van der Waals surface area (Å²) in [5, 5.41) is 0.219. The molecular formula is C21H17Cl2N3O4S. The van der Waals surface area contributed by atoms with Crippen molar-refractivity contribution >= 4 is 50.7 Å². The fraction of sp³-hybridized carbons (Fsp3) is 0.0476. The summed E-state index contributed by atoms with van der Waals surface area (Å²) in [5.74, 6) is -1.00. The molecule has 2 amide bonds. The summed E-state index contributed by atoms with van der Waals surface area (Å²) >= 11 is 11.8. The lowest BCUT2D eigenvalue weighted by molar-refractivity contribution is -0.121. The molecule has 0 aromatic heterocycles. The zero-order valence-corrected chi connectivity index (χ0v) is 18.3. The zero-order valence-electron chi connectivity index (χ0n) is 15.9. The molecule has 0 unspecified atom stereocenters. The van der Waals surface area contributed by atoms with Crippen LogP contribution in [0.3, 0.4) is 0 Å². The summed E-state index contributed by atoms with van der Waals surface area (Å²) in [6, 6.07) is 18.9. The largest absolute Gasteiger partial charge is 0.280 e. The predicted molar refractivity (Wildman–Crippen MR) is 119 cm³/mol. The van der Waals surface area contributed by atoms with E-state index < -0.39 is 21.8 Å². The minimum atomic E-state index is -4.04. The maximum absolute atomic E-state index is 12.6. The summed E-state index contributed by atoms with van der Waals surface area (Å²) in [4.78, 5) is 24.1. The third-order valence-corrected chi connectivity index (χ3v) is 6.18. The molecule has 0 spiro atoms. The average molecular weight is 478 g/mol. The second-order valence-electron chi connectivity index (χ2n) is 6.43. The number of rotatable bonds is 6. The van der Waals surface area contributed by atoms with E-state index in [4.69, 9.17) is 23.2 Å². The van der Waals surface area contributed by atoms with Crippen molar-refractivity contribution in [2.24, 2.45) is 0 Å². The van der Waals surface area contributed by atoms with E-state index in [9.17, 15) is 18.0 Å². The van der Waals surface area contributed by atoms with E-state index in [0.717, 1.165) is 5.56 Å². The Balaban J connectivity index is 1.66. The molecule has 0 saturated heterocycles. The topological polar surface area (TPSA) is 104 Å². The molecule has 0 aliphatic heterocycles. The second-order valence-corrected chi connectivity index (χ2v) is 8.92. The molecule has 0 radical (unpaired) electrons. The first-order valence-corrected chi connectivity index (χ1v) is 11.2. The standard InChI is InChI=1S/C21H17Cl2N3O4S/c22-16-9-10-18(23)19(13-16)31(29,30)26-17-8-4-7-15(12-17)21(28)25-24-20(27)11-14-5-2-1-3-6-14/h1-10,12-13,26H,11H2,(H,24,27)(H,25,28). The first-order chi connectivity index (χ1) is 14.7. The smallest absolute Gasteiger partial charge is 0.269 e. The predicted octanol–water partition coefficient (Wildman–Crippen LogP) is 3.80. The monoisotopic (exact) mass is 477 g/mol. The molecule has 10 heteroatoms. The fourth-order valence-electron chi connectivity index (χ4n) is 2.64. The normalized spacial score (nSPS) is 10.9. The maximum Gasteiger partial charge on any atom is 0.269 e. The Morgan fingerprint density at radius 3 is 2.32 bits per heavy atom. The van der Waals surface area contributed by atoms with Crippen LogP contribution in [0.1, 0.15) is 15.9 Å². The molecule has 0 atom stereocenters. The van der Waals surface area contributed by atoms with Crippen LogP contribution >= 0.6 is 23.2 Å². The van der Waals surface area contributed by atoms with Crippen LogP contribution in [0.15, 0.2) is 77.7 Å². The number of hydrogen-bond donors (Lipinski definition) is 3. The molecule has 7 nitrogen and oxygen atoms in total. The molecule has 0 bridgehead atoms. The molecule has 160 valence electrons. The van der Waals surface area contributed by atoms with Gasteiger partial charge in [0.25, 0.3) is 15.9 Å². The van der Waals surface area contributed by atoms with Crippen LogP contribution in [-0.4, -0.2) is 20.2 Å². The highest BCUT2D eigenvalue weighted by molar-refractivity contribution is 7.92. The van der Waals surface area contributed by atoms with Crippen molar-refractivity contribution in [3.63, 3.8) is 0 Å². The van der Waals surface area contributed by atoms with E-state index >= 15 is 0 Å². The molecule has 3 aromatic rings. The van der Waals surface area contributed by atoms with Crippen LogP contribution in [0, 0.1) is 0 Å². The lowest BCUT2D eigenvalue weighted by Crippen LogP contribution is -2.42. The first-order valence-electron chi connectivity index (χ1n) is 8.95. The van der Waals surface area contributed by atoms with Gasteiger partial charge in [-0.15, -0.1) is 0 Å². The van der Waals surface area contributed by atoms with Crippen LogP contribution < -0.4 is 15.6 Å². The highest BCUT2D eigenvalue weighted by Gasteiger charge is 2.19. The highest BCUT2D eigenvalue weighted by atomic mass is 35.5. The highest BCUT2D eigenvalue weighted by Crippen LogP contribution is 2.27. The van der Waals surface area contributed by atoms with Gasteiger partial charge >= 0.3 is 0 Å². The first kappa shape index (κ1) is 22.6. The number of halogens is 2. The summed E-state index contributed by atoms with van der Waals surface area (Å²) < 4.78 is 27.6. The fourth-order valence-corrected chi connectivity index (χ4v) is 4.45. The molecule has 31 heavy (non-hydrogen) atoms. The van der Waals surface area contributed by atoms with E-state index in [0.29, 0.717) is 0 Å². The summed E-state index contributed by atoms with van der Waals surface area (Å²) in [6.45, 7) is 0. The SMILES string of the molecule is O=C(Cc1ccccc1)NNC(=O)c1cccc(NS(=O)(=O)c2cc(Cl)ccc2Cl)c1. The minimum absolute atomic E-state index is 0.00641. The van der Waals surface area contributed by atoms with E-state index in [1.54, 1.807) is 12.1 Å². The van der Waals surface area contributed by atoms with E-state index in [-0.39, 0.29) is 32.6 Å². The number of nitrogens with one attached hydrogen (secondary N) is 3. The van der Waals surface area contributed by atoms with Gasteiger partial charge in [-0.2, -0.15) is 0 Å². The van der Waals surface area contributed by atoms with Gasteiger partial charge in [-0.3, -0.25) is 25.2 Å². The minimum Gasteiger partial charge on any atom is -0.280 e. The molecule has 3 rings (SSSR count). The number of sulfonamides is 1. The molecule has 0 saturated carbocycles. The lowest BCUT2D eigenvalue weighted by Gasteiger charge is -2.11. The van der Waals surface area contributed by atoms with Crippen molar-refractivity contribution in [1.29, 1.82) is 0 Å². The van der Waals surface area contributed by atoms with Crippen molar-refractivity contribution in [2.75, 3.05) is 4.72 Å². The molecule has 0 aliphatic rings. The van der Waals surface area contributed by atoms with Gasteiger partial charge in [0.1, 0.15) is 4.90 Å². The third-order valence-electron chi connectivity index (χ3n) is 4.08. The van der Waals surface area contributed by atoms with Gasteiger partial charge in [0.15, 0.2) is 0 Å². The van der Waals surface area contributed by atoms with Crippen LogP contribution in [0.4, 0.5) is 5.69 Å². The van der Waals surface area contributed by atoms with Crippen LogP contribution in [-0.2, 0) is 21.2 Å². The molecule has 3 N–H and O–H groups in total. The molecule has 0 heterocycles. The average Bonchev–Trinajstić information content (AvgIpc) is 2.74. The molecule has 0 aliphatic carbocycles. The Morgan fingerprint density at radius 2 is 1.58 bits per heavy atom. The van der Waals surface area contributed by atoms with E-state index in [1.807, 2.05) is 18.2 Å². The quantitative estimate of drug-likeness (QED) is 0.469. The Bertz CT molecular complexity index is 1220. The summed E-state index contributed by atoms with van der Waals surface area (Å²) in [5.41, 5.74) is 5.70. The van der Waals surface area contributed by atoms with Gasteiger partial charge in [-0.1, -0.05) is 59.6 Å². The van der Waals surface area contributed by atoms with Crippen molar-refractivity contribution in [2.45, 2.75) is 11.3 Å². The van der Waals surface area contributed by atoms with Crippen molar-refractivity contribution in [1.82, 2.24) is 10.9 Å². The van der Waals surface area contributed by atoms with Gasteiger partial charge in [0.05, 0.1) is 11.4 Å². The number of anilines is 1. The Labute approximate surface area is 189 Å². The molecule has 0 fully saturated rings. The van der Waals surface area contributed by atoms with Crippen molar-refractivity contribution in [3.05, 3.63) is 94.0 Å². The zero-order chi connectivity index (χ0) is 22.4. The Hall–Kier alpha value is -3.07. The number of hydrazine groups is 1. The molecule has 3 aromatic carbocycles. The van der Waals surface area contributed by atoms with Gasteiger partial charge in [0.2, 0.25) is 5.91 Å². The van der Waals surface area contributed by atoms with Crippen LogP contribution in [0.2, 0.25) is 10.0 Å². The lowest BCUT2D eigenvalue weighted by atomic mass is 10.1. The van der Waals surface area contributed by atoms with E-state index in [2.05, 4.69) is 15.6 Å². The number of carbonyl (C=O) groups is 2. The Kier molecular flexibility index (Phi) is 7.17. The maximum atomic E-state index is 12.6. The van der Waals surface area contributed by atoms with Gasteiger partial charge in [0, 0.05) is 16.3 Å².